The van der Waals surface area contributed by atoms with Crippen LogP contribution in [0.4, 0.5) is 11.4 Å². The lowest BCUT2D eigenvalue weighted by Crippen LogP contribution is -2.03. The lowest BCUT2D eigenvalue weighted by Gasteiger charge is -2.23. The van der Waals surface area contributed by atoms with Crippen LogP contribution in [0.2, 0.25) is 0 Å². The first-order chi connectivity index (χ1) is 10.7. The number of nitrogens with one attached hydrogen (secondary N) is 1. The highest BCUT2D eigenvalue weighted by atomic mass is 32.2. The number of fused-ring (bicyclic) bond motifs is 2. The fourth-order valence-electron chi connectivity index (χ4n) is 2.35. The molecule has 1 aliphatic rings. The third-order valence-electron chi connectivity index (χ3n) is 3.46. The van der Waals surface area contributed by atoms with E-state index in [1.807, 2.05) is 24.3 Å². The van der Waals surface area contributed by atoms with Crippen molar-refractivity contribution >= 4 is 23.1 Å². The number of hydrogen-bond acceptors (Lipinski definition) is 6. The van der Waals surface area contributed by atoms with Crippen molar-refractivity contribution in [3.05, 3.63) is 24.3 Å². The Kier molecular flexibility index (Phi) is 3.94. The predicted molar refractivity (Wildman–Crippen MR) is 86.5 cm³/mol. The molecule has 2 aromatic carbocycles. The highest BCUT2D eigenvalue weighted by molar-refractivity contribution is 7.99. The quantitative estimate of drug-likeness (QED) is 0.786. The Morgan fingerprint density at radius 1 is 0.636 bits per heavy atom. The average molecular weight is 319 g/mol. The van der Waals surface area contributed by atoms with Gasteiger partial charge in [-0.05, 0) is 0 Å². The van der Waals surface area contributed by atoms with Crippen LogP contribution in [0.5, 0.6) is 23.0 Å². The van der Waals surface area contributed by atoms with Crippen molar-refractivity contribution < 1.29 is 18.9 Å². The van der Waals surface area contributed by atoms with E-state index in [1.54, 1.807) is 40.2 Å². The lowest BCUT2D eigenvalue weighted by molar-refractivity contribution is 0.353. The molecule has 22 heavy (non-hydrogen) atoms. The first-order valence-electron chi connectivity index (χ1n) is 6.67. The number of methoxy groups -OCH3 is 4. The fourth-order valence-corrected chi connectivity index (χ4v) is 3.36. The number of benzene rings is 2. The lowest BCUT2D eigenvalue weighted by atomic mass is 10.2. The van der Waals surface area contributed by atoms with E-state index in [0.29, 0.717) is 23.0 Å². The largest absolute Gasteiger partial charge is 0.493 e. The van der Waals surface area contributed by atoms with Crippen LogP contribution in [0.25, 0.3) is 0 Å². The highest BCUT2D eigenvalue weighted by Gasteiger charge is 2.21. The molecule has 0 radical (unpaired) electrons. The Balaban J connectivity index is 2.05. The molecule has 0 atom stereocenters. The van der Waals surface area contributed by atoms with Crippen LogP contribution in [0.1, 0.15) is 0 Å². The van der Waals surface area contributed by atoms with Crippen molar-refractivity contribution in [3.63, 3.8) is 0 Å². The molecule has 2 aromatic rings. The van der Waals surface area contributed by atoms with Crippen LogP contribution in [0, 0.1) is 0 Å². The van der Waals surface area contributed by atoms with Crippen molar-refractivity contribution in [3.8, 4) is 23.0 Å². The van der Waals surface area contributed by atoms with Gasteiger partial charge in [-0.25, -0.2) is 0 Å². The minimum atomic E-state index is 0.693. The molecule has 0 bridgehead atoms. The van der Waals surface area contributed by atoms with E-state index in [-0.39, 0.29) is 0 Å². The smallest absolute Gasteiger partial charge is 0.162 e. The molecule has 0 aliphatic carbocycles. The highest BCUT2D eigenvalue weighted by Crippen LogP contribution is 2.50. The van der Waals surface area contributed by atoms with Gasteiger partial charge in [-0.1, -0.05) is 11.8 Å². The summed E-state index contributed by atoms with van der Waals surface area (Å²) in [6, 6.07) is 7.79. The summed E-state index contributed by atoms with van der Waals surface area (Å²) in [4.78, 5) is 2.13. The summed E-state index contributed by atoms with van der Waals surface area (Å²) in [5.74, 6) is 2.80. The maximum atomic E-state index is 5.36. The summed E-state index contributed by atoms with van der Waals surface area (Å²) < 4.78 is 21.4. The van der Waals surface area contributed by atoms with E-state index in [4.69, 9.17) is 18.9 Å². The maximum Gasteiger partial charge on any atom is 0.162 e. The van der Waals surface area contributed by atoms with Crippen LogP contribution < -0.4 is 24.3 Å². The second-order valence-electron chi connectivity index (χ2n) is 4.63. The minimum Gasteiger partial charge on any atom is -0.493 e. The van der Waals surface area contributed by atoms with Crippen LogP contribution in [0.15, 0.2) is 34.1 Å². The molecule has 116 valence electrons. The molecule has 0 unspecified atom stereocenters. The Morgan fingerprint density at radius 3 is 1.36 bits per heavy atom. The molecule has 1 aliphatic heterocycles. The molecule has 0 aromatic heterocycles. The van der Waals surface area contributed by atoms with Gasteiger partial charge >= 0.3 is 0 Å². The number of hydrogen-bond donors (Lipinski definition) is 1. The van der Waals surface area contributed by atoms with Gasteiger partial charge in [0.15, 0.2) is 23.0 Å². The van der Waals surface area contributed by atoms with E-state index in [0.717, 1.165) is 21.2 Å². The molecule has 0 fully saturated rings. The van der Waals surface area contributed by atoms with Gasteiger partial charge in [0, 0.05) is 34.1 Å². The van der Waals surface area contributed by atoms with Gasteiger partial charge in [-0.15, -0.1) is 0 Å². The van der Waals surface area contributed by atoms with E-state index in [2.05, 4.69) is 5.32 Å². The number of anilines is 2. The van der Waals surface area contributed by atoms with Crippen molar-refractivity contribution in [2.75, 3.05) is 33.8 Å². The Labute approximate surface area is 133 Å². The topological polar surface area (TPSA) is 49.0 Å². The Bertz CT molecular complexity index is 598. The minimum absolute atomic E-state index is 0.693. The third-order valence-corrected chi connectivity index (χ3v) is 4.58. The summed E-state index contributed by atoms with van der Waals surface area (Å²) in [6.07, 6.45) is 0. The SMILES string of the molecule is COc1cc2c(cc1OC)Sc1cc(OC)c(OC)cc1N2. The van der Waals surface area contributed by atoms with Gasteiger partial charge in [0.05, 0.1) is 39.8 Å². The van der Waals surface area contributed by atoms with Gasteiger partial charge < -0.3 is 24.3 Å². The zero-order valence-corrected chi connectivity index (χ0v) is 13.7. The van der Waals surface area contributed by atoms with Crippen molar-refractivity contribution in [2.24, 2.45) is 0 Å². The number of ether oxygens (including phenoxy) is 4. The zero-order chi connectivity index (χ0) is 15.7. The molecular weight excluding hydrogens is 302 g/mol. The normalized spacial score (nSPS) is 11.8. The average Bonchev–Trinajstić information content (AvgIpc) is 2.57. The molecule has 6 heteroatoms. The summed E-state index contributed by atoms with van der Waals surface area (Å²) in [6.45, 7) is 0. The van der Waals surface area contributed by atoms with Crippen molar-refractivity contribution in [1.29, 1.82) is 0 Å². The summed E-state index contributed by atoms with van der Waals surface area (Å²) in [7, 11) is 6.52. The molecular formula is C16H17NO4S. The van der Waals surface area contributed by atoms with Gasteiger partial charge in [0.2, 0.25) is 0 Å². The van der Waals surface area contributed by atoms with Crippen molar-refractivity contribution in [1.82, 2.24) is 0 Å². The van der Waals surface area contributed by atoms with E-state index < -0.39 is 0 Å². The van der Waals surface area contributed by atoms with E-state index in [9.17, 15) is 0 Å². The second kappa shape index (κ2) is 5.88. The second-order valence-corrected chi connectivity index (χ2v) is 5.72. The molecule has 1 heterocycles. The molecule has 1 N–H and O–H groups in total. The number of rotatable bonds is 4. The molecule has 0 saturated carbocycles. The monoisotopic (exact) mass is 319 g/mol. The summed E-state index contributed by atoms with van der Waals surface area (Å²) in [5, 5.41) is 3.40. The fraction of sp³-hybridized carbons (Fsp3) is 0.250. The predicted octanol–water partition coefficient (Wildman–Crippen LogP) is 3.93. The van der Waals surface area contributed by atoms with Crippen molar-refractivity contribution in [2.45, 2.75) is 9.79 Å². The summed E-state index contributed by atoms with van der Waals surface area (Å²) in [5.41, 5.74) is 1.95. The van der Waals surface area contributed by atoms with Crippen LogP contribution in [0.3, 0.4) is 0 Å². The first kappa shape index (κ1) is 14.7. The van der Waals surface area contributed by atoms with Gasteiger partial charge in [0.1, 0.15) is 0 Å². The molecule has 5 nitrogen and oxygen atoms in total. The third kappa shape index (κ3) is 2.39. The molecule has 3 rings (SSSR count). The van der Waals surface area contributed by atoms with Gasteiger partial charge in [-0.3, -0.25) is 0 Å². The summed E-state index contributed by atoms with van der Waals surface area (Å²) >= 11 is 1.65. The molecule has 0 spiro atoms. The molecule has 0 saturated heterocycles. The Morgan fingerprint density at radius 2 is 1.00 bits per heavy atom. The first-order valence-corrected chi connectivity index (χ1v) is 7.48. The van der Waals surface area contributed by atoms with Crippen LogP contribution >= 0.6 is 11.8 Å². The Hall–Kier alpha value is -2.21. The van der Waals surface area contributed by atoms with E-state index in [1.165, 1.54) is 0 Å². The maximum absolute atomic E-state index is 5.36. The standard InChI is InChI=1S/C16H17NO4S/c1-18-11-5-9-15(7-13(11)20-3)22-16-8-14(21-4)12(19-2)6-10(16)17-9/h5-8,17H,1-4H3. The van der Waals surface area contributed by atoms with Gasteiger partial charge in [0.25, 0.3) is 0 Å². The van der Waals surface area contributed by atoms with Crippen LogP contribution in [-0.2, 0) is 0 Å². The zero-order valence-electron chi connectivity index (χ0n) is 12.9. The molecule has 0 amide bonds. The van der Waals surface area contributed by atoms with E-state index >= 15 is 0 Å². The van der Waals surface area contributed by atoms with Crippen LogP contribution in [-0.4, -0.2) is 28.4 Å². The van der Waals surface area contributed by atoms with Gasteiger partial charge in [-0.2, -0.15) is 0 Å².